The molecule has 4 aromatic carbocycles. The molecule has 5 aromatic rings. The molecule has 0 atom stereocenters. The Balaban J connectivity index is 1.61. The van der Waals surface area contributed by atoms with Crippen molar-refractivity contribution in [2.24, 2.45) is 0 Å². The molecule has 6 heteroatoms. The fourth-order valence-electron chi connectivity index (χ4n) is 4.81. The Bertz CT molecular complexity index is 1590. The summed E-state index contributed by atoms with van der Waals surface area (Å²) in [4.78, 5) is 14.5. The van der Waals surface area contributed by atoms with Crippen LogP contribution in [0.25, 0.3) is 33.2 Å². The molecular formula is C32H28ClFN2O2. The first-order valence-electron chi connectivity index (χ1n) is 12.7. The van der Waals surface area contributed by atoms with Gasteiger partial charge < -0.3 is 14.2 Å². The molecule has 0 N–H and O–H groups in total. The Hall–Kier alpha value is -4.09. The van der Waals surface area contributed by atoms with Crippen LogP contribution < -0.4 is 4.74 Å². The summed E-state index contributed by atoms with van der Waals surface area (Å²) >= 11 is 6.16. The van der Waals surface area contributed by atoms with Gasteiger partial charge in [0.25, 0.3) is 0 Å². The molecule has 1 heterocycles. The number of amides is 1. The van der Waals surface area contributed by atoms with E-state index in [2.05, 4.69) is 28.8 Å². The van der Waals surface area contributed by atoms with E-state index in [0.29, 0.717) is 36.5 Å². The zero-order valence-electron chi connectivity index (χ0n) is 21.3. The molecule has 0 aliphatic heterocycles. The van der Waals surface area contributed by atoms with Crippen LogP contribution in [0.3, 0.4) is 0 Å². The number of hydrogen-bond donors (Lipinski definition) is 0. The van der Waals surface area contributed by atoms with E-state index in [1.54, 1.807) is 23.1 Å². The number of nitrogens with zero attached hydrogens (tertiary/aromatic N) is 2. The highest BCUT2D eigenvalue weighted by molar-refractivity contribution is 6.31. The molecule has 192 valence electrons. The number of halogens is 2. The van der Waals surface area contributed by atoms with Crippen molar-refractivity contribution in [3.05, 3.63) is 114 Å². The summed E-state index contributed by atoms with van der Waals surface area (Å²) in [7, 11) is 0. The molecule has 4 nitrogen and oxygen atoms in total. The van der Waals surface area contributed by atoms with Gasteiger partial charge in [-0.05, 0) is 66.4 Å². The van der Waals surface area contributed by atoms with Crippen molar-refractivity contribution in [2.75, 3.05) is 13.1 Å². The number of fused-ring (bicyclic) bond motifs is 1. The molecule has 38 heavy (non-hydrogen) atoms. The zero-order chi connectivity index (χ0) is 26.6. The number of ether oxygens (including phenoxy) is 1. The number of carbonyl (C=O) groups excluding carboxylic acids is 1. The quantitative estimate of drug-likeness (QED) is 0.212. The fourth-order valence-corrected chi connectivity index (χ4v) is 4.99. The lowest BCUT2D eigenvalue weighted by molar-refractivity contribution is 0.157. The minimum atomic E-state index is -0.501. The third-order valence-corrected chi connectivity index (χ3v) is 7.07. The van der Waals surface area contributed by atoms with Gasteiger partial charge in [0, 0.05) is 42.3 Å². The van der Waals surface area contributed by atoms with Gasteiger partial charge >= 0.3 is 6.09 Å². The van der Waals surface area contributed by atoms with Crippen molar-refractivity contribution < 1.29 is 13.9 Å². The van der Waals surface area contributed by atoms with Crippen molar-refractivity contribution in [1.29, 1.82) is 0 Å². The van der Waals surface area contributed by atoms with E-state index < -0.39 is 11.9 Å². The van der Waals surface area contributed by atoms with Gasteiger partial charge in [-0.3, -0.25) is 0 Å². The number of benzene rings is 4. The monoisotopic (exact) mass is 526 g/mol. The van der Waals surface area contributed by atoms with E-state index in [1.807, 2.05) is 62.5 Å². The molecule has 1 aromatic heterocycles. The number of aromatic nitrogens is 1. The van der Waals surface area contributed by atoms with E-state index in [4.69, 9.17) is 16.3 Å². The van der Waals surface area contributed by atoms with Gasteiger partial charge in [0.05, 0.1) is 5.02 Å². The van der Waals surface area contributed by atoms with E-state index in [9.17, 15) is 9.18 Å². The summed E-state index contributed by atoms with van der Waals surface area (Å²) < 4.78 is 22.1. The highest BCUT2D eigenvalue weighted by Gasteiger charge is 2.20. The van der Waals surface area contributed by atoms with Gasteiger partial charge in [-0.2, -0.15) is 0 Å². The average molecular weight is 527 g/mol. The summed E-state index contributed by atoms with van der Waals surface area (Å²) in [5.74, 6) is -0.0983. The molecule has 1 amide bonds. The Labute approximate surface area is 226 Å². The fraction of sp³-hybridized carbons (Fsp3) is 0.156. The Kier molecular flexibility index (Phi) is 7.47. The molecule has 0 fully saturated rings. The molecule has 5 rings (SSSR count). The maximum Gasteiger partial charge on any atom is 0.415 e. The van der Waals surface area contributed by atoms with Gasteiger partial charge in [-0.25, -0.2) is 9.18 Å². The Morgan fingerprint density at radius 1 is 0.895 bits per heavy atom. The van der Waals surface area contributed by atoms with Crippen LogP contribution >= 0.6 is 11.6 Å². The summed E-state index contributed by atoms with van der Waals surface area (Å²) in [6.07, 6.45) is 1.59. The van der Waals surface area contributed by atoms with Gasteiger partial charge in [-0.1, -0.05) is 72.3 Å². The lowest BCUT2D eigenvalue weighted by Gasteiger charge is -2.20. The van der Waals surface area contributed by atoms with Gasteiger partial charge in [0.1, 0.15) is 11.6 Å². The van der Waals surface area contributed by atoms with E-state index in [-0.39, 0.29) is 5.02 Å². The van der Waals surface area contributed by atoms with Crippen LogP contribution in [0.2, 0.25) is 5.02 Å². The Morgan fingerprint density at radius 3 is 2.37 bits per heavy atom. The molecule has 0 aliphatic carbocycles. The summed E-state index contributed by atoms with van der Waals surface area (Å²) in [5, 5.41) is 0.895. The standard InChI is InChI=1S/C32H28ClFN2O2/c1-3-35(4-2)32(37)38-30-17-16-29-26(31(30)23-14-15-28(34)27(33)20-23)18-19-36(29)21-24-12-8-9-13-25(24)22-10-6-5-7-11-22/h5-20H,3-4,21H2,1-2H3. The van der Waals surface area contributed by atoms with Crippen LogP contribution in [0.1, 0.15) is 19.4 Å². The molecular weight excluding hydrogens is 499 g/mol. The van der Waals surface area contributed by atoms with Gasteiger partial charge in [0.15, 0.2) is 0 Å². The van der Waals surface area contributed by atoms with E-state index >= 15 is 0 Å². The third kappa shape index (κ3) is 5.02. The largest absolute Gasteiger partial charge is 0.415 e. The Morgan fingerprint density at radius 2 is 1.63 bits per heavy atom. The number of carbonyl (C=O) groups is 1. The van der Waals surface area contributed by atoms with Gasteiger partial charge in [-0.15, -0.1) is 0 Å². The van der Waals surface area contributed by atoms with E-state index in [0.717, 1.165) is 16.5 Å². The van der Waals surface area contributed by atoms with Crippen molar-refractivity contribution in [3.63, 3.8) is 0 Å². The van der Waals surface area contributed by atoms with Crippen LogP contribution in [-0.4, -0.2) is 28.6 Å². The normalized spacial score (nSPS) is 11.1. The molecule has 0 spiro atoms. The lowest BCUT2D eigenvalue weighted by atomic mass is 9.99. The molecule has 0 saturated heterocycles. The predicted octanol–water partition coefficient (Wildman–Crippen LogP) is 8.66. The second kappa shape index (κ2) is 11.1. The summed E-state index contributed by atoms with van der Waals surface area (Å²) in [6, 6.07) is 29.0. The van der Waals surface area contributed by atoms with Gasteiger partial charge in [0.2, 0.25) is 0 Å². The predicted molar refractivity (Wildman–Crippen MR) is 152 cm³/mol. The second-order valence-electron chi connectivity index (χ2n) is 9.01. The van der Waals surface area contributed by atoms with Crippen LogP contribution in [0.5, 0.6) is 5.75 Å². The van der Waals surface area contributed by atoms with Crippen molar-refractivity contribution in [3.8, 4) is 28.0 Å². The second-order valence-corrected chi connectivity index (χ2v) is 9.41. The first kappa shape index (κ1) is 25.6. The van der Waals surface area contributed by atoms with Crippen LogP contribution in [0, 0.1) is 5.82 Å². The number of hydrogen-bond acceptors (Lipinski definition) is 2. The molecule has 0 bridgehead atoms. The highest BCUT2D eigenvalue weighted by atomic mass is 35.5. The number of rotatable bonds is 7. The van der Waals surface area contributed by atoms with Crippen LogP contribution in [-0.2, 0) is 6.54 Å². The summed E-state index contributed by atoms with van der Waals surface area (Å²) in [6.45, 7) is 5.53. The third-order valence-electron chi connectivity index (χ3n) is 6.78. The molecule has 0 radical (unpaired) electrons. The SMILES string of the molecule is CCN(CC)C(=O)Oc1ccc2c(ccn2Cc2ccccc2-c2ccccc2)c1-c1ccc(F)c(Cl)c1. The van der Waals surface area contributed by atoms with Crippen LogP contribution in [0.4, 0.5) is 9.18 Å². The topological polar surface area (TPSA) is 34.5 Å². The molecule has 0 unspecified atom stereocenters. The molecule has 0 aliphatic rings. The van der Waals surface area contributed by atoms with Crippen molar-refractivity contribution in [2.45, 2.75) is 20.4 Å². The van der Waals surface area contributed by atoms with E-state index in [1.165, 1.54) is 17.2 Å². The van der Waals surface area contributed by atoms with Crippen LogP contribution in [0.15, 0.2) is 97.2 Å². The first-order chi connectivity index (χ1) is 18.5. The smallest absolute Gasteiger partial charge is 0.410 e. The maximum absolute atomic E-state index is 14.0. The maximum atomic E-state index is 14.0. The highest BCUT2D eigenvalue weighted by Crippen LogP contribution is 2.40. The minimum Gasteiger partial charge on any atom is -0.410 e. The average Bonchev–Trinajstić information content (AvgIpc) is 3.34. The first-order valence-corrected chi connectivity index (χ1v) is 13.0. The lowest BCUT2D eigenvalue weighted by Crippen LogP contribution is -2.33. The summed E-state index contributed by atoms with van der Waals surface area (Å²) in [5.41, 5.74) is 5.84. The molecule has 0 saturated carbocycles. The van der Waals surface area contributed by atoms with Crippen molar-refractivity contribution in [1.82, 2.24) is 9.47 Å². The van der Waals surface area contributed by atoms with Crippen molar-refractivity contribution >= 4 is 28.6 Å². The zero-order valence-corrected chi connectivity index (χ0v) is 22.1. The minimum absolute atomic E-state index is 0.0109.